The molecule has 5 nitrogen and oxygen atoms in total. The van der Waals surface area contributed by atoms with Crippen LogP contribution in [0.5, 0.6) is 0 Å². The van der Waals surface area contributed by atoms with E-state index in [1.165, 1.54) is 21.5 Å². The molecule has 0 saturated carbocycles. The Bertz CT molecular complexity index is 1060. The summed E-state index contributed by atoms with van der Waals surface area (Å²) in [5, 5.41) is 18.5. The molecule has 1 aromatic heterocycles. The molecular formula is C22H25N3O2S. The van der Waals surface area contributed by atoms with E-state index in [1.807, 2.05) is 37.3 Å². The van der Waals surface area contributed by atoms with Crippen molar-refractivity contribution in [2.24, 2.45) is 0 Å². The van der Waals surface area contributed by atoms with Gasteiger partial charge in [0.05, 0.1) is 4.53 Å². The summed E-state index contributed by atoms with van der Waals surface area (Å²) in [6.07, 6.45) is 2.45. The van der Waals surface area contributed by atoms with Crippen molar-refractivity contribution in [1.29, 1.82) is 10.5 Å². The number of nitrogens with zero attached hydrogens (tertiary/aromatic N) is 3. The molecule has 0 amide bonds. The van der Waals surface area contributed by atoms with Gasteiger partial charge in [0.25, 0.3) is 5.56 Å². The molecule has 28 heavy (non-hydrogen) atoms. The first kappa shape index (κ1) is 21.6. The summed E-state index contributed by atoms with van der Waals surface area (Å²) in [5.74, 6) is 0. The Balaban J connectivity index is 2.53. The van der Waals surface area contributed by atoms with Crippen molar-refractivity contribution < 1.29 is 4.74 Å². The maximum absolute atomic E-state index is 12.9. The summed E-state index contributed by atoms with van der Waals surface area (Å²) in [7, 11) is 0. The van der Waals surface area contributed by atoms with E-state index in [2.05, 4.69) is 32.9 Å². The highest BCUT2D eigenvalue weighted by Gasteiger charge is 2.13. The molecular weight excluding hydrogens is 370 g/mol. The number of hydrogen-bond acceptors (Lipinski definition) is 5. The van der Waals surface area contributed by atoms with Gasteiger partial charge >= 0.3 is 0 Å². The first-order valence-electron chi connectivity index (χ1n) is 9.26. The SMILES string of the molecule is CCOCCCn1c(=C(C#N)C#N)s/c(=C/c2ccc(C(C)(C)C)cc2)c1=O. The zero-order valence-corrected chi connectivity index (χ0v) is 17.6. The van der Waals surface area contributed by atoms with Gasteiger partial charge in [-0.25, -0.2) is 0 Å². The Labute approximate surface area is 169 Å². The molecule has 0 saturated heterocycles. The summed E-state index contributed by atoms with van der Waals surface area (Å²) < 4.78 is 7.77. The van der Waals surface area contributed by atoms with Gasteiger partial charge in [0.1, 0.15) is 16.8 Å². The fourth-order valence-electron chi connectivity index (χ4n) is 2.73. The molecule has 2 aromatic rings. The molecule has 6 heteroatoms. The smallest absolute Gasteiger partial charge is 0.269 e. The van der Waals surface area contributed by atoms with Crippen LogP contribution in [0.2, 0.25) is 0 Å². The Morgan fingerprint density at radius 2 is 1.86 bits per heavy atom. The van der Waals surface area contributed by atoms with Crippen molar-refractivity contribution in [3.8, 4) is 12.1 Å². The van der Waals surface area contributed by atoms with Gasteiger partial charge in [0.2, 0.25) is 0 Å². The largest absolute Gasteiger partial charge is 0.382 e. The van der Waals surface area contributed by atoms with Crippen LogP contribution in [0.25, 0.3) is 11.6 Å². The van der Waals surface area contributed by atoms with Crippen LogP contribution in [0, 0.1) is 22.7 Å². The number of nitriles is 2. The van der Waals surface area contributed by atoms with Crippen LogP contribution in [-0.2, 0) is 16.7 Å². The fraction of sp³-hybridized carbons (Fsp3) is 0.409. The predicted molar refractivity (Wildman–Crippen MR) is 112 cm³/mol. The minimum Gasteiger partial charge on any atom is -0.382 e. The topological polar surface area (TPSA) is 78.8 Å². The van der Waals surface area contributed by atoms with Gasteiger partial charge < -0.3 is 4.74 Å². The van der Waals surface area contributed by atoms with Gasteiger partial charge in [-0.05, 0) is 36.0 Å². The van der Waals surface area contributed by atoms with Gasteiger partial charge in [-0.3, -0.25) is 9.36 Å². The van der Waals surface area contributed by atoms with Gasteiger partial charge in [0, 0.05) is 19.8 Å². The summed E-state index contributed by atoms with van der Waals surface area (Å²) >= 11 is 1.18. The number of benzene rings is 1. The van der Waals surface area contributed by atoms with Crippen LogP contribution < -0.4 is 14.8 Å². The van der Waals surface area contributed by atoms with Gasteiger partial charge in [-0.2, -0.15) is 10.5 Å². The van der Waals surface area contributed by atoms with Crippen molar-refractivity contribution in [3.05, 3.63) is 54.9 Å². The van der Waals surface area contributed by atoms with E-state index in [0.717, 1.165) is 5.56 Å². The van der Waals surface area contributed by atoms with E-state index < -0.39 is 0 Å². The van der Waals surface area contributed by atoms with Crippen LogP contribution in [0.3, 0.4) is 0 Å². The highest BCUT2D eigenvalue weighted by Crippen LogP contribution is 2.22. The lowest BCUT2D eigenvalue weighted by Gasteiger charge is -2.18. The van der Waals surface area contributed by atoms with Gasteiger partial charge in [-0.1, -0.05) is 45.0 Å². The van der Waals surface area contributed by atoms with E-state index in [4.69, 9.17) is 4.74 Å². The molecule has 0 spiro atoms. The third-order valence-electron chi connectivity index (χ3n) is 4.29. The monoisotopic (exact) mass is 395 g/mol. The van der Waals surface area contributed by atoms with Crippen molar-refractivity contribution in [3.63, 3.8) is 0 Å². The molecule has 0 aliphatic rings. The average molecular weight is 396 g/mol. The van der Waals surface area contributed by atoms with Gasteiger partial charge in [-0.15, -0.1) is 11.3 Å². The molecule has 0 radical (unpaired) electrons. The molecule has 0 atom stereocenters. The maximum Gasteiger partial charge on any atom is 0.269 e. The quantitative estimate of drug-likeness (QED) is 0.705. The average Bonchev–Trinajstić information content (AvgIpc) is 2.95. The van der Waals surface area contributed by atoms with E-state index in [9.17, 15) is 15.3 Å². The third kappa shape index (κ3) is 5.19. The highest BCUT2D eigenvalue weighted by atomic mass is 32.1. The second-order valence-corrected chi connectivity index (χ2v) is 8.42. The first-order chi connectivity index (χ1) is 13.3. The Morgan fingerprint density at radius 1 is 1.21 bits per heavy atom. The molecule has 146 valence electrons. The van der Waals surface area contributed by atoms with E-state index >= 15 is 0 Å². The van der Waals surface area contributed by atoms with Gasteiger partial charge in [0.15, 0.2) is 5.57 Å². The van der Waals surface area contributed by atoms with Crippen LogP contribution in [0.1, 0.15) is 45.2 Å². The van der Waals surface area contributed by atoms with Crippen LogP contribution in [0.15, 0.2) is 29.1 Å². The Morgan fingerprint density at radius 3 is 2.39 bits per heavy atom. The van der Waals surface area contributed by atoms with Crippen molar-refractivity contribution >= 4 is 23.0 Å². The molecule has 0 aliphatic heterocycles. The standard InChI is InChI=1S/C22H25N3O2S/c1-5-27-12-6-11-25-20(26)19(28-21(25)17(14-23)15-24)13-16-7-9-18(10-8-16)22(2,3)4/h7-10,13H,5-6,11-12H2,1-4H3/b19-13+. The number of hydrogen-bond donors (Lipinski definition) is 0. The van der Waals surface area contributed by atoms with E-state index in [1.54, 1.807) is 0 Å². The Hall–Kier alpha value is -2.67. The van der Waals surface area contributed by atoms with Crippen LogP contribution in [-0.4, -0.2) is 17.8 Å². The minimum absolute atomic E-state index is 0.0405. The molecule has 1 aromatic carbocycles. The third-order valence-corrected chi connectivity index (χ3v) is 5.42. The number of rotatable bonds is 6. The zero-order chi connectivity index (χ0) is 20.7. The minimum atomic E-state index is -0.181. The molecule has 2 rings (SSSR count). The summed E-state index contributed by atoms with van der Waals surface area (Å²) in [6, 6.07) is 11.9. The number of ether oxygens (including phenoxy) is 1. The van der Waals surface area contributed by atoms with Crippen molar-refractivity contribution in [2.75, 3.05) is 13.2 Å². The maximum atomic E-state index is 12.9. The lowest BCUT2D eigenvalue weighted by Crippen LogP contribution is -2.32. The molecule has 0 aliphatic carbocycles. The van der Waals surface area contributed by atoms with Crippen molar-refractivity contribution in [2.45, 2.75) is 46.1 Å². The molecule has 1 heterocycles. The van der Waals surface area contributed by atoms with E-state index in [-0.39, 0.29) is 16.5 Å². The molecule has 0 unspecified atom stereocenters. The normalized spacial score (nSPS) is 11.9. The lowest BCUT2D eigenvalue weighted by molar-refractivity contribution is 0.141. The molecule has 0 fully saturated rings. The molecule has 0 N–H and O–H groups in total. The van der Waals surface area contributed by atoms with Crippen molar-refractivity contribution in [1.82, 2.24) is 4.57 Å². The summed E-state index contributed by atoms with van der Waals surface area (Å²) in [4.78, 5) is 12.9. The second kappa shape index (κ2) is 9.50. The van der Waals surface area contributed by atoms with Crippen LogP contribution >= 0.6 is 11.3 Å². The Kier molecular flexibility index (Phi) is 7.34. The summed E-state index contributed by atoms with van der Waals surface area (Å²) in [6.45, 7) is 9.92. The zero-order valence-electron chi connectivity index (χ0n) is 16.8. The van der Waals surface area contributed by atoms with Crippen LogP contribution in [0.4, 0.5) is 0 Å². The second-order valence-electron chi connectivity index (χ2n) is 7.39. The number of aromatic nitrogens is 1. The highest BCUT2D eigenvalue weighted by molar-refractivity contribution is 7.07. The first-order valence-corrected chi connectivity index (χ1v) is 10.1. The summed E-state index contributed by atoms with van der Waals surface area (Å²) in [5.41, 5.74) is 1.97. The molecule has 0 bridgehead atoms. The number of thiazole rings is 1. The lowest BCUT2D eigenvalue weighted by atomic mass is 9.87. The predicted octanol–water partition coefficient (Wildman–Crippen LogP) is 2.66. The fourth-order valence-corrected chi connectivity index (χ4v) is 3.81. The van der Waals surface area contributed by atoms with E-state index in [0.29, 0.717) is 35.4 Å².